The topological polar surface area (TPSA) is 80.7 Å². The Morgan fingerprint density at radius 2 is 1.45 bits per heavy atom. The van der Waals surface area contributed by atoms with Crippen molar-refractivity contribution in [3.05, 3.63) is 0 Å². The number of hydrogen-bond acceptors (Lipinski definition) is 4. The molecule has 0 unspecified atom stereocenters. The molecular weight excluding hydrogens is 291 g/mol. The van der Waals surface area contributed by atoms with Crippen LogP contribution in [0, 0.1) is 0 Å². The fourth-order valence-corrected chi connectivity index (χ4v) is 2.07. The van der Waals surface area contributed by atoms with E-state index in [9.17, 15) is 13.2 Å². The number of hydrogen-bond donors (Lipinski definition) is 1. The van der Waals surface area contributed by atoms with Crippen LogP contribution in [-0.2, 0) is 19.6 Å². The Kier molecular flexibility index (Phi) is 16.2. The largest absolute Gasteiger partial charge is 1.00 e. The van der Waals surface area contributed by atoms with Crippen LogP contribution in [0.2, 0.25) is 0 Å². The Labute approximate surface area is 146 Å². The van der Waals surface area contributed by atoms with Gasteiger partial charge < -0.3 is 6.16 Å². The summed E-state index contributed by atoms with van der Waals surface area (Å²) in [5, 5.41) is 0. The maximum atomic E-state index is 11.1. The molecule has 0 bridgehead atoms. The summed E-state index contributed by atoms with van der Waals surface area (Å²) in [6, 6.07) is 0. The molecule has 0 radical (unpaired) electrons. The molecule has 5 nitrogen and oxygen atoms in total. The molecule has 0 saturated heterocycles. The van der Waals surface area contributed by atoms with Crippen LogP contribution in [0.3, 0.4) is 0 Å². The van der Waals surface area contributed by atoms with Gasteiger partial charge in [0.1, 0.15) is 0 Å². The van der Waals surface area contributed by atoms with Crippen molar-refractivity contribution in [2.24, 2.45) is 0 Å². The van der Waals surface area contributed by atoms with Crippen molar-refractivity contribution in [1.82, 2.24) is 0 Å². The first-order valence-corrected chi connectivity index (χ1v) is 8.67. The first kappa shape index (κ1) is 22.7. The minimum atomic E-state index is -4.21. The number of carbonyl (C=O) groups is 1. The number of unbranched alkanes of at least 4 members (excludes halogenated alkanes) is 8. The second kappa shape index (κ2) is 14.3. The number of carbonyl (C=O) groups excluding carboxylic acids is 1. The van der Waals surface area contributed by atoms with Gasteiger partial charge in [-0.3, -0.25) is 9.35 Å². The van der Waals surface area contributed by atoms with Crippen molar-refractivity contribution >= 4 is 16.1 Å². The first-order valence-electron chi connectivity index (χ1n) is 7.06. The monoisotopic (exact) mass is 318 g/mol. The Morgan fingerprint density at radius 3 is 1.90 bits per heavy atom. The summed E-state index contributed by atoms with van der Waals surface area (Å²) in [5.74, 6) is -1.51. The molecule has 0 amide bonds. The van der Waals surface area contributed by atoms with E-state index in [1.54, 1.807) is 0 Å². The van der Waals surface area contributed by atoms with Crippen molar-refractivity contribution in [3.63, 3.8) is 0 Å². The fraction of sp³-hybridized carbons (Fsp3) is 0.923. The average molecular weight is 318 g/mol. The molecule has 0 aliphatic carbocycles. The summed E-state index contributed by atoms with van der Waals surface area (Å²) in [6.45, 7) is 2.20. The van der Waals surface area contributed by atoms with Gasteiger partial charge in [-0.2, -0.15) is 8.42 Å². The minimum absolute atomic E-state index is 0. The summed E-state index contributed by atoms with van der Waals surface area (Å²) in [5.41, 5.74) is 0. The van der Waals surface area contributed by atoms with Crippen molar-refractivity contribution < 1.29 is 53.5 Å². The third kappa shape index (κ3) is 18.4. The normalized spacial score (nSPS) is 10.9. The smallest absolute Gasteiger partial charge is 1.00 e. The van der Waals surface area contributed by atoms with E-state index in [2.05, 4.69) is 11.7 Å². The fourth-order valence-electron chi connectivity index (χ4n) is 1.79. The molecule has 0 saturated carbocycles. The predicted molar refractivity (Wildman–Crippen MR) is 75.5 cm³/mol. The summed E-state index contributed by atoms with van der Waals surface area (Å²) in [7, 11) is -4.21. The van der Waals surface area contributed by atoms with E-state index in [0.29, 0.717) is 6.42 Å². The molecule has 116 valence electrons. The Hall–Kier alpha value is 0.380. The van der Waals surface area contributed by atoms with Crippen LogP contribution in [0.4, 0.5) is 0 Å². The van der Waals surface area contributed by atoms with Gasteiger partial charge in [0.25, 0.3) is 0 Å². The van der Waals surface area contributed by atoms with Gasteiger partial charge in [-0.15, -0.1) is 0 Å². The zero-order chi connectivity index (χ0) is 14.6. The van der Waals surface area contributed by atoms with E-state index in [4.69, 9.17) is 4.55 Å². The summed E-state index contributed by atoms with van der Waals surface area (Å²) in [6.07, 6.45) is 10.5. The third-order valence-corrected chi connectivity index (χ3v) is 3.27. The van der Waals surface area contributed by atoms with Gasteiger partial charge in [-0.05, 0) is 6.42 Å². The van der Waals surface area contributed by atoms with E-state index < -0.39 is 22.0 Å². The molecule has 20 heavy (non-hydrogen) atoms. The Morgan fingerprint density at radius 1 is 1.00 bits per heavy atom. The van der Waals surface area contributed by atoms with Gasteiger partial charge in [0, 0.05) is 6.42 Å². The van der Waals surface area contributed by atoms with Crippen molar-refractivity contribution in [2.45, 2.75) is 71.1 Å². The zero-order valence-electron chi connectivity index (χ0n) is 13.8. The third-order valence-electron chi connectivity index (χ3n) is 2.85. The molecule has 0 aromatic carbocycles. The Balaban J connectivity index is -0.00000162. The van der Waals surface area contributed by atoms with Crippen molar-refractivity contribution in [2.75, 3.05) is 5.94 Å². The van der Waals surface area contributed by atoms with Crippen LogP contribution in [0.25, 0.3) is 0 Å². The molecule has 0 aliphatic rings. The average Bonchev–Trinajstić information content (AvgIpc) is 2.33. The first-order chi connectivity index (χ1) is 8.95. The minimum Gasteiger partial charge on any atom is -1.00 e. The zero-order valence-corrected chi connectivity index (χ0v) is 15.6. The van der Waals surface area contributed by atoms with Crippen LogP contribution >= 0.6 is 0 Å². The molecule has 7 heteroatoms. The van der Waals surface area contributed by atoms with Gasteiger partial charge in [-0.25, -0.2) is 0 Å². The number of ether oxygens (including phenoxy) is 1. The van der Waals surface area contributed by atoms with Crippen LogP contribution in [0.5, 0.6) is 0 Å². The molecule has 0 aromatic rings. The molecule has 1 N–H and O–H groups in total. The molecule has 0 spiro atoms. The van der Waals surface area contributed by atoms with E-state index in [0.717, 1.165) is 12.8 Å². The maximum Gasteiger partial charge on any atom is 1.00 e. The van der Waals surface area contributed by atoms with Gasteiger partial charge in [0.15, 0.2) is 0 Å². The number of esters is 1. The van der Waals surface area contributed by atoms with E-state index in [1.807, 2.05) is 0 Å². The predicted octanol–water partition coefficient (Wildman–Crippen LogP) is 0.412. The van der Waals surface area contributed by atoms with Crippen molar-refractivity contribution in [1.29, 1.82) is 0 Å². The maximum absolute atomic E-state index is 11.1. The van der Waals surface area contributed by atoms with Gasteiger partial charge in [0.05, 0.1) is 0 Å². The molecule has 0 aliphatic heterocycles. The van der Waals surface area contributed by atoms with Crippen LogP contribution in [-0.4, -0.2) is 24.9 Å². The molecule has 0 aromatic heterocycles. The summed E-state index contributed by atoms with van der Waals surface area (Å²) < 4.78 is 33.5. The van der Waals surface area contributed by atoms with Crippen molar-refractivity contribution in [3.8, 4) is 0 Å². The molecule has 0 heterocycles. The molecule has 0 atom stereocenters. The standard InChI is InChI=1S/C13H26O5S.Na.H/c1-2-3-4-5-6-7-8-9-10-11-13(14)18-12-19(15,16)17;;/h2-12H2,1H3,(H,15,16,17);;/q;+1;-1. The number of rotatable bonds is 12. The van der Waals surface area contributed by atoms with Crippen LogP contribution in [0.1, 0.15) is 72.6 Å². The molecule has 0 fully saturated rings. The second-order valence-corrected chi connectivity index (χ2v) is 6.19. The van der Waals surface area contributed by atoms with Gasteiger partial charge in [0.2, 0.25) is 5.94 Å². The van der Waals surface area contributed by atoms with E-state index in [1.165, 1.54) is 38.5 Å². The van der Waals surface area contributed by atoms with E-state index in [-0.39, 0.29) is 37.4 Å². The Bertz CT molecular complexity index is 335. The van der Waals surface area contributed by atoms with Gasteiger partial charge in [-0.1, -0.05) is 58.3 Å². The summed E-state index contributed by atoms with van der Waals surface area (Å²) >= 11 is 0. The summed E-state index contributed by atoms with van der Waals surface area (Å²) in [4.78, 5) is 11.1. The van der Waals surface area contributed by atoms with E-state index >= 15 is 0 Å². The molecular formula is C13H27NaO5S. The quantitative estimate of drug-likeness (QED) is 0.244. The van der Waals surface area contributed by atoms with Crippen LogP contribution in [0.15, 0.2) is 0 Å². The SMILES string of the molecule is CCCCCCCCCCCC(=O)OCS(=O)(=O)O.[H-].[Na+]. The van der Waals surface area contributed by atoms with Gasteiger partial charge >= 0.3 is 45.6 Å². The van der Waals surface area contributed by atoms with Crippen LogP contribution < -0.4 is 29.6 Å². The second-order valence-electron chi connectivity index (χ2n) is 4.79. The molecule has 0 rings (SSSR count).